The molecule has 112 valence electrons. The van der Waals surface area contributed by atoms with Gasteiger partial charge in [0.2, 0.25) is 0 Å². The van der Waals surface area contributed by atoms with Gasteiger partial charge in [-0.05, 0) is 11.8 Å². The van der Waals surface area contributed by atoms with Gasteiger partial charge >= 0.3 is 0 Å². The Morgan fingerprint density at radius 1 is 1.35 bits per heavy atom. The molecule has 0 aromatic carbocycles. The number of nitrogens with zero attached hydrogens (tertiary/aromatic N) is 3. The minimum absolute atomic E-state index is 0.276. The Bertz CT molecular complexity index is 450. The lowest BCUT2D eigenvalue weighted by molar-refractivity contribution is -0.0692. The van der Waals surface area contributed by atoms with Crippen LogP contribution in [0, 0.1) is 23.2 Å². The van der Waals surface area contributed by atoms with Gasteiger partial charge in [0.05, 0.1) is 12.1 Å². The fourth-order valence-corrected chi connectivity index (χ4v) is 2.02. The average molecular weight is 277 g/mol. The highest BCUT2D eigenvalue weighted by molar-refractivity contribution is 5.08. The SMILES string of the molecule is CCCC(C)C#CCC(O)(Cn1cncn1)C(C)(C)C. The van der Waals surface area contributed by atoms with Crippen LogP contribution < -0.4 is 0 Å². The van der Waals surface area contributed by atoms with Crippen LogP contribution in [0.2, 0.25) is 0 Å². The molecule has 1 N–H and O–H groups in total. The molecule has 20 heavy (non-hydrogen) atoms. The van der Waals surface area contributed by atoms with Gasteiger partial charge in [0, 0.05) is 12.3 Å². The fraction of sp³-hybridized carbons (Fsp3) is 0.750. The van der Waals surface area contributed by atoms with Crippen LogP contribution in [0.1, 0.15) is 53.9 Å². The first-order chi connectivity index (χ1) is 9.28. The van der Waals surface area contributed by atoms with Gasteiger partial charge in [-0.1, -0.05) is 47.0 Å². The Morgan fingerprint density at radius 3 is 2.55 bits per heavy atom. The van der Waals surface area contributed by atoms with Gasteiger partial charge < -0.3 is 5.11 Å². The van der Waals surface area contributed by atoms with Crippen LogP contribution in [0.5, 0.6) is 0 Å². The minimum Gasteiger partial charge on any atom is -0.386 e. The van der Waals surface area contributed by atoms with E-state index >= 15 is 0 Å². The Kier molecular flexibility index (Phi) is 5.76. The van der Waals surface area contributed by atoms with Crippen LogP contribution in [0.3, 0.4) is 0 Å². The van der Waals surface area contributed by atoms with E-state index in [-0.39, 0.29) is 5.41 Å². The van der Waals surface area contributed by atoms with E-state index in [9.17, 15) is 5.11 Å². The van der Waals surface area contributed by atoms with E-state index in [1.165, 1.54) is 6.33 Å². The first-order valence-corrected chi connectivity index (χ1v) is 7.31. The monoisotopic (exact) mass is 277 g/mol. The van der Waals surface area contributed by atoms with E-state index in [0.29, 0.717) is 18.9 Å². The van der Waals surface area contributed by atoms with Crippen LogP contribution in [0.15, 0.2) is 12.7 Å². The van der Waals surface area contributed by atoms with Crippen molar-refractivity contribution >= 4 is 0 Å². The predicted molar refractivity (Wildman–Crippen MR) is 80.9 cm³/mol. The maximum atomic E-state index is 11.0. The van der Waals surface area contributed by atoms with Crippen molar-refractivity contribution < 1.29 is 5.11 Å². The van der Waals surface area contributed by atoms with Gasteiger partial charge in [0.15, 0.2) is 0 Å². The lowest BCUT2D eigenvalue weighted by Crippen LogP contribution is -2.46. The van der Waals surface area contributed by atoms with Crippen molar-refractivity contribution in [3.63, 3.8) is 0 Å². The van der Waals surface area contributed by atoms with E-state index in [2.05, 4.69) is 35.8 Å². The molecule has 0 radical (unpaired) electrons. The minimum atomic E-state index is -0.917. The third-order valence-corrected chi connectivity index (χ3v) is 3.74. The van der Waals surface area contributed by atoms with Crippen LogP contribution in [-0.4, -0.2) is 25.5 Å². The molecule has 0 saturated heterocycles. The van der Waals surface area contributed by atoms with Gasteiger partial charge in [0.25, 0.3) is 0 Å². The summed E-state index contributed by atoms with van der Waals surface area (Å²) in [5.74, 6) is 6.79. The van der Waals surface area contributed by atoms with Gasteiger partial charge in [-0.15, -0.1) is 5.92 Å². The molecule has 4 nitrogen and oxygen atoms in total. The van der Waals surface area contributed by atoms with Gasteiger partial charge in [0.1, 0.15) is 12.7 Å². The second-order valence-corrected chi connectivity index (χ2v) is 6.56. The smallest absolute Gasteiger partial charge is 0.137 e. The molecular weight excluding hydrogens is 250 g/mol. The zero-order valence-corrected chi connectivity index (χ0v) is 13.3. The molecule has 0 spiro atoms. The summed E-state index contributed by atoms with van der Waals surface area (Å²) >= 11 is 0. The molecule has 0 aliphatic rings. The molecule has 1 aromatic rings. The van der Waals surface area contributed by atoms with Gasteiger partial charge in [-0.25, -0.2) is 4.98 Å². The number of rotatable bonds is 5. The highest BCUT2D eigenvalue weighted by Gasteiger charge is 2.40. The van der Waals surface area contributed by atoms with Crippen LogP contribution in [0.25, 0.3) is 0 Å². The highest BCUT2D eigenvalue weighted by Crippen LogP contribution is 2.34. The Hall–Kier alpha value is -1.34. The van der Waals surface area contributed by atoms with E-state index < -0.39 is 5.60 Å². The molecule has 0 aliphatic heterocycles. The first kappa shape index (κ1) is 16.7. The van der Waals surface area contributed by atoms with Crippen LogP contribution in [0.4, 0.5) is 0 Å². The van der Waals surface area contributed by atoms with E-state index in [1.807, 2.05) is 20.8 Å². The highest BCUT2D eigenvalue weighted by atomic mass is 16.3. The van der Waals surface area contributed by atoms with Crippen molar-refractivity contribution in [2.24, 2.45) is 11.3 Å². The lowest BCUT2D eigenvalue weighted by atomic mass is 9.74. The van der Waals surface area contributed by atoms with Crippen molar-refractivity contribution in [3.8, 4) is 11.8 Å². The third kappa shape index (κ3) is 4.64. The Balaban J connectivity index is 2.79. The van der Waals surface area contributed by atoms with Crippen molar-refractivity contribution in [3.05, 3.63) is 12.7 Å². The van der Waals surface area contributed by atoms with E-state index in [0.717, 1.165) is 12.8 Å². The van der Waals surface area contributed by atoms with Crippen molar-refractivity contribution in [1.29, 1.82) is 0 Å². The molecule has 0 fully saturated rings. The second-order valence-electron chi connectivity index (χ2n) is 6.56. The van der Waals surface area contributed by atoms with Gasteiger partial charge in [-0.2, -0.15) is 5.10 Å². The number of aliphatic hydroxyl groups is 1. The van der Waals surface area contributed by atoms with Gasteiger partial charge in [-0.3, -0.25) is 4.68 Å². The average Bonchev–Trinajstić information content (AvgIpc) is 2.80. The van der Waals surface area contributed by atoms with Crippen molar-refractivity contribution in [2.75, 3.05) is 0 Å². The van der Waals surface area contributed by atoms with Crippen LogP contribution in [-0.2, 0) is 6.54 Å². The molecule has 0 bridgehead atoms. The fourth-order valence-electron chi connectivity index (χ4n) is 2.02. The zero-order valence-electron chi connectivity index (χ0n) is 13.3. The Morgan fingerprint density at radius 2 is 2.05 bits per heavy atom. The molecule has 2 atom stereocenters. The molecular formula is C16H27N3O. The summed E-state index contributed by atoms with van der Waals surface area (Å²) in [6.07, 6.45) is 5.80. The first-order valence-electron chi connectivity index (χ1n) is 7.31. The standard InChI is InChI=1S/C16H27N3O/c1-6-8-14(2)9-7-10-16(20,15(3,4)5)11-19-13-17-12-18-19/h12-14,20H,6,8,10-11H2,1-5H3. The van der Waals surface area contributed by atoms with E-state index in [4.69, 9.17) is 0 Å². The molecule has 0 saturated carbocycles. The summed E-state index contributed by atoms with van der Waals surface area (Å²) in [5, 5.41) is 15.1. The maximum Gasteiger partial charge on any atom is 0.137 e. The van der Waals surface area contributed by atoms with Crippen molar-refractivity contribution in [1.82, 2.24) is 14.8 Å². The second kappa shape index (κ2) is 6.90. The number of hydrogen-bond acceptors (Lipinski definition) is 3. The summed E-state index contributed by atoms with van der Waals surface area (Å²) in [7, 11) is 0. The lowest BCUT2D eigenvalue weighted by Gasteiger charge is -2.38. The largest absolute Gasteiger partial charge is 0.386 e. The molecule has 4 heteroatoms. The summed E-state index contributed by atoms with van der Waals surface area (Å²) in [4.78, 5) is 3.93. The third-order valence-electron chi connectivity index (χ3n) is 3.74. The molecule has 1 rings (SSSR count). The predicted octanol–water partition coefficient (Wildman–Crippen LogP) is 2.89. The molecule has 2 unspecified atom stereocenters. The number of hydrogen-bond donors (Lipinski definition) is 1. The zero-order chi connectivity index (χ0) is 15.2. The Labute approximate surface area is 122 Å². The summed E-state index contributed by atoms with van der Waals surface area (Å²) in [6.45, 7) is 10.8. The summed E-state index contributed by atoms with van der Waals surface area (Å²) in [5.41, 5.74) is -1.19. The molecule has 0 aliphatic carbocycles. The normalized spacial score (nSPS) is 16.1. The van der Waals surface area contributed by atoms with E-state index in [1.54, 1.807) is 11.0 Å². The quantitative estimate of drug-likeness (QED) is 0.842. The topological polar surface area (TPSA) is 50.9 Å². The molecule has 1 aromatic heterocycles. The van der Waals surface area contributed by atoms with Crippen LogP contribution >= 0.6 is 0 Å². The molecule has 0 amide bonds. The number of aromatic nitrogens is 3. The summed E-state index contributed by atoms with van der Waals surface area (Å²) < 4.78 is 1.67. The summed E-state index contributed by atoms with van der Waals surface area (Å²) in [6, 6.07) is 0. The molecule has 1 heterocycles. The maximum absolute atomic E-state index is 11.0. The van der Waals surface area contributed by atoms with Crippen molar-refractivity contribution in [2.45, 2.75) is 66.0 Å².